The predicted molar refractivity (Wildman–Crippen MR) is 67.1 cm³/mol. The van der Waals surface area contributed by atoms with Crippen LogP contribution in [0.5, 0.6) is 5.75 Å². The summed E-state index contributed by atoms with van der Waals surface area (Å²) in [6, 6.07) is 7.53. The van der Waals surface area contributed by atoms with E-state index in [0.29, 0.717) is 17.9 Å². The number of ether oxygens (including phenoxy) is 1. The molecule has 2 aromatic rings. The van der Waals surface area contributed by atoms with Gasteiger partial charge in [0.1, 0.15) is 0 Å². The van der Waals surface area contributed by atoms with Gasteiger partial charge in [-0.05, 0) is 25.1 Å². The molecule has 0 spiro atoms. The summed E-state index contributed by atoms with van der Waals surface area (Å²) in [6.45, 7) is 2.53. The molecule has 86 valence electrons. The van der Waals surface area contributed by atoms with Crippen LogP contribution in [0.1, 0.15) is 12.5 Å². The summed E-state index contributed by atoms with van der Waals surface area (Å²) in [4.78, 5) is 0. The minimum Gasteiger partial charge on any atom is -0.491 e. The fourth-order valence-electron chi connectivity index (χ4n) is 1.46. The number of hydrogen-bond acceptors (Lipinski definition) is 3. The SMILES string of the molecule is CCOc1cnn(-c2cc(Br)cc(C#N)c2)c1. The number of aromatic nitrogens is 2. The van der Waals surface area contributed by atoms with Crippen molar-refractivity contribution in [2.75, 3.05) is 6.61 Å². The highest BCUT2D eigenvalue weighted by Gasteiger charge is 2.04. The molecule has 1 heterocycles. The van der Waals surface area contributed by atoms with Crippen molar-refractivity contribution in [3.05, 3.63) is 40.6 Å². The van der Waals surface area contributed by atoms with E-state index in [1.165, 1.54) is 0 Å². The number of halogens is 1. The first kappa shape index (κ1) is 11.7. The lowest BCUT2D eigenvalue weighted by Crippen LogP contribution is -1.95. The largest absolute Gasteiger partial charge is 0.491 e. The molecule has 5 heteroatoms. The maximum atomic E-state index is 8.90. The smallest absolute Gasteiger partial charge is 0.157 e. The fourth-order valence-corrected chi connectivity index (χ4v) is 1.94. The lowest BCUT2D eigenvalue weighted by atomic mass is 10.2. The number of benzene rings is 1. The maximum Gasteiger partial charge on any atom is 0.157 e. The predicted octanol–water partition coefficient (Wildman–Crippen LogP) is 2.91. The first-order valence-corrected chi connectivity index (χ1v) is 5.90. The van der Waals surface area contributed by atoms with Crippen molar-refractivity contribution in [3.8, 4) is 17.5 Å². The molecule has 0 N–H and O–H groups in total. The normalized spacial score (nSPS) is 9.94. The summed E-state index contributed by atoms with van der Waals surface area (Å²) < 4.78 is 7.86. The molecule has 0 saturated carbocycles. The van der Waals surface area contributed by atoms with Crippen molar-refractivity contribution >= 4 is 15.9 Å². The summed E-state index contributed by atoms with van der Waals surface area (Å²) in [7, 11) is 0. The van der Waals surface area contributed by atoms with E-state index in [-0.39, 0.29) is 0 Å². The zero-order valence-corrected chi connectivity index (χ0v) is 10.8. The minimum absolute atomic E-state index is 0.586. The van der Waals surface area contributed by atoms with Crippen molar-refractivity contribution in [2.24, 2.45) is 0 Å². The third-order valence-electron chi connectivity index (χ3n) is 2.15. The van der Waals surface area contributed by atoms with E-state index < -0.39 is 0 Å². The lowest BCUT2D eigenvalue weighted by molar-refractivity contribution is 0.340. The second-order valence-corrected chi connectivity index (χ2v) is 4.28. The van der Waals surface area contributed by atoms with Crippen LogP contribution in [0, 0.1) is 11.3 Å². The molecule has 17 heavy (non-hydrogen) atoms. The molecule has 1 aromatic carbocycles. The third kappa shape index (κ3) is 2.66. The maximum absolute atomic E-state index is 8.90. The van der Waals surface area contributed by atoms with E-state index >= 15 is 0 Å². The molecule has 0 aliphatic heterocycles. The molecule has 2 rings (SSSR count). The van der Waals surface area contributed by atoms with E-state index in [9.17, 15) is 0 Å². The lowest BCUT2D eigenvalue weighted by Gasteiger charge is -2.02. The zero-order chi connectivity index (χ0) is 12.3. The molecule has 0 atom stereocenters. The Kier molecular flexibility index (Phi) is 3.45. The molecular weight excluding hydrogens is 282 g/mol. The van der Waals surface area contributed by atoms with Crippen molar-refractivity contribution < 1.29 is 4.74 Å². The minimum atomic E-state index is 0.586. The van der Waals surface area contributed by atoms with E-state index in [1.54, 1.807) is 29.2 Å². The standard InChI is InChI=1S/C12H10BrN3O/c1-2-17-12-7-15-16(8-12)11-4-9(6-14)3-10(13)5-11/h3-5,7-8H,2H2,1H3. The van der Waals surface area contributed by atoms with Crippen molar-refractivity contribution in [1.29, 1.82) is 5.26 Å². The van der Waals surface area contributed by atoms with Gasteiger partial charge >= 0.3 is 0 Å². The first-order valence-electron chi connectivity index (χ1n) is 5.11. The van der Waals surface area contributed by atoms with Gasteiger partial charge in [-0.3, -0.25) is 0 Å². The van der Waals surface area contributed by atoms with Gasteiger partial charge in [0.2, 0.25) is 0 Å². The van der Waals surface area contributed by atoms with Gasteiger partial charge in [-0.15, -0.1) is 0 Å². The topological polar surface area (TPSA) is 50.8 Å². The van der Waals surface area contributed by atoms with Gasteiger partial charge in [0.25, 0.3) is 0 Å². The van der Waals surface area contributed by atoms with Crippen molar-refractivity contribution in [3.63, 3.8) is 0 Å². The number of hydrogen-bond donors (Lipinski definition) is 0. The van der Waals surface area contributed by atoms with E-state index in [4.69, 9.17) is 10.00 Å². The Morgan fingerprint density at radius 3 is 3.00 bits per heavy atom. The Morgan fingerprint density at radius 2 is 2.29 bits per heavy atom. The summed E-state index contributed by atoms with van der Waals surface area (Å²) in [5, 5.41) is 13.1. The van der Waals surface area contributed by atoms with Gasteiger partial charge in [0.05, 0.1) is 36.3 Å². The number of nitriles is 1. The quantitative estimate of drug-likeness (QED) is 0.874. The summed E-state index contributed by atoms with van der Waals surface area (Å²) in [6.07, 6.45) is 3.43. The van der Waals surface area contributed by atoms with Crippen LogP contribution in [-0.2, 0) is 0 Å². The Hall–Kier alpha value is -1.80. The van der Waals surface area contributed by atoms with Crippen molar-refractivity contribution in [2.45, 2.75) is 6.92 Å². The Bertz CT molecular complexity index is 571. The molecular formula is C12H10BrN3O. The van der Waals surface area contributed by atoms with Gasteiger partial charge in [-0.2, -0.15) is 10.4 Å². The molecule has 0 aliphatic rings. The number of rotatable bonds is 3. The molecule has 0 aliphatic carbocycles. The highest BCUT2D eigenvalue weighted by Crippen LogP contribution is 2.20. The van der Waals surface area contributed by atoms with Crippen LogP contribution in [0.15, 0.2) is 35.1 Å². The van der Waals surface area contributed by atoms with Crippen LogP contribution in [0.3, 0.4) is 0 Å². The highest BCUT2D eigenvalue weighted by atomic mass is 79.9. The zero-order valence-electron chi connectivity index (χ0n) is 9.22. The van der Waals surface area contributed by atoms with Crippen LogP contribution in [-0.4, -0.2) is 16.4 Å². The van der Waals surface area contributed by atoms with E-state index in [0.717, 1.165) is 10.2 Å². The molecule has 0 unspecified atom stereocenters. The van der Waals surface area contributed by atoms with Crippen LogP contribution >= 0.6 is 15.9 Å². The molecule has 0 bridgehead atoms. The van der Waals surface area contributed by atoms with Gasteiger partial charge in [-0.25, -0.2) is 4.68 Å². The molecule has 4 nitrogen and oxygen atoms in total. The van der Waals surface area contributed by atoms with Gasteiger partial charge in [0.15, 0.2) is 5.75 Å². The molecule has 1 aromatic heterocycles. The Morgan fingerprint density at radius 1 is 1.47 bits per heavy atom. The molecule has 0 amide bonds. The molecule has 0 saturated heterocycles. The average Bonchev–Trinajstić information content (AvgIpc) is 2.77. The third-order valence-corrected chi connectivity index (χ3v) is 2.60. The summed E-state index contributed by atoms with van der Waals surface area (Å²) in [5.74, 6) is 0.714. The van der Waals surface area contributed by atoms with Gasteiger partial charge in [0, 0.05) is 4.47 Å². The van der Waals surface area contributed by atoms with Crippen LogP contribution < -0.4 is 4.74 Å². The average molecular weight is 292 g/mol. The van der Waals surface area contributed by atoms with Gasteiger partial charge in [-0.1, -0.05) is 15.9 Å². The summed E-state index contributed by atoms with van der Waals surface area (Å²) in [5.41, 5.74) is 1.41. The Labute approximate surface area is 108 Å². The van der Waals surface area contributed by atoms with Crippen LogP contribution in [0.2, 0.25) is 0 Å². The summed E-state index contributed by atoms with van der Waals surface area (Å²) >= 11 is 3.37. The Balaban J connectivity index is 2.38. The second-order valence-electron chi connectivity index (χ2n) is 3.36. The monoisotopic (exact) mass is 291 g/mol. The van der Waals surface area contributed by atoms with E-state index in [2.05, 4.69) is 27.1 Å². The van der Waals surface area contributed by atoms with Gasteiger partial charge < -0.3 is 4.74 Å². The van der Waals surface area contributed by atoms with Crippen LogP contribution in [0.25, 0.3) is 5.69 Å². The van der Waals surface area contributed by atoms with Crippen LogP contribution in [0.4, 0.5) is 0 Å². The highest BCUT2D eigenvalue weighted by molar-refractivity contribution is 9.10. The number of nitrogens with zero attached hydrogens (tertiary/aromatic N) is 3. The molecule has 0 fully saturated rings. The van der Waals surface area contributed by atoms with E-state index in [1.807, 2.05) is 13.0 Å². The fraction of sp³-hybridized carbons (Fsp3) is 0.167. The van der Waals surface area contributed by atoms with Crippen molar-refractivity contribution in [1.82, 2.24) is 9.78 Å². The second kappa shape index (κ2) is 5.02. The molecule has 0 radical (unpaired) electrons. The first-order chi connectivity index (χ1) is 8.22.